The lowest BCUT2D eigenvalue weighted by atomic mass is 9.97. The van der Waals surface area contributed by atoms with Gasteiger partial charge in [-0.25, -0.2) is 0 Å². The van der Waals surface area contributed by atoms with Crippen LogP contribution in [0.25, 0.3) is 0 Å². The maximum atomic E-state index is 11.9. The van der Waals surface area contributed by atoms with Crippen molar-refractivity contribution in [3.8, 4) is 0 Å². The first kappa shape index (κ1) is 8.10. The van der Waals surface area contributed by atoms with Gasteiger partial charge in [0.25, 0.3) is 0 Å². The maximum absolute atomic E-state index is 11.9. The Morgan fingerprint density at radius 3 is 2.27 bits per heavy atom. The third-order valence-electron chi connectivity index (χ3n) is 1.20. The van der Waals surface area contributed by atoms with Crippen molar-refractivity contribution in [2.45, 2.75) is 6.18 Å². The molecule has 0 saturated carbocycles. The lowest BCUT2D eigenvalue weighted by Crippen LogP contribution is -2.11. The highest BCUT2D eigenvalue weighted by Gasteiger charge is 2.30. The summed E-state index contributed by atoms with van der Waals surface area (Å²) in [4.78, 5) is 3.43. The van der Waals surface area contributed by atoms with Crippen LogP contribution in [0.1, 0.15) is 5.56 Å². The van der Waals surface area contributed by atoms with Crippen LogP contribution in [0.5, 0.6) is 0 Å². The number of pyridine rings is 1. The van der Waals surface area contributed by atoms with E-state index in [1.165, 1.54) is 6.20 Å². The predicted molar refractivity (Wildman–Crippen MR) is 37.4 cm³/mol. The molecule has 11 heavy (non-hydrogen) atoms. The Hall–Kier alpha value is -0.995. The third-order valence-corrected chi connectivity index (χ3v) is 1.20. The molecule has 0 atom stereocenters. The summed E-state index contributed by atoms with van der Waals surface area (Å²) in [5, 5.41) is 0. The van der Waals surface area contributed by atoms with Crippen LogP contribution in [0, 0.1) is 0 Å². The van der Waals surface area contributed by atoms with Crippen LogP contribution in [-0.2, 0) is 6.18 Å². The van der Waals surface area contributed by atoms with Crippen LogP contribution in [0.3, 0.4) is 0 Å². The Morgan fingerprint density at radius 1 is 1.27 bits per heavy atom. The maximum Gasteiger partial charge on any atom is 0.417 e. The molecular formula is C6H5BF3N. The van der Waals surface area contributed by atoms with Crippen molar-refractivity contribution in [2.75, 3.05) is 0 Å². The summed E-state index contributed by atoms with van der Waals surface area (Å²) < 4.78 is 35.8. The van der Waals surface area contributed by atoms with E-state index in [0.29, 0.717) is 5.46 Å². The average molecular weight is 159 g/mol. The predicted octanol–water partition coefficient (Wildman–Crippen LogP) is 0.359. The van der Waals surface area contributed by atoms with Gasteiger partial charge in [0.1, 0.15) is 7.85 Å². The molecule has 0 saturated heterocycles. The molecule has 0 amide bonds. The second-order valence-corrected chi connectivity index (χ2v) is 2.25. The molecule has 0 aliphatic carbocycles. The fraction of sp³-hybridized carbons (Fsp3) is 0.167. The van der Waals surface area contributed by atoms with Crippen molar-refractivity contribution in [2.24, 2.45) is 0 Å². The SMILES string of the molecule is Bc1cncc(C(F)(F)F)c1. The lowest BCUT2D eigenvalue weighted by Gasteiger charge is -2.05. The van der Waals surface area contributed by atoms with E-state index < -0.39 is 11.7 Å². The van der Waals surface area contributed by atoms with Crippen molar-refractivity contribution in [1.82, 2.24) is 4.98 Å². The highest BCUT2D eigenvalue weighted by atomic mass is 19.4. The molecule has 1 nitrogen and oxygen atoms in total. The molecule has 1 rings (SSSR count). The molecule has 1 aromatic heterocycles. The molecule has 0 unspecified atom stereocenters. The summed E-state index contributed by atoms with van der Waals surface area (Å²) in [5.74, 6) is 0. The number of halogens is 3. The van der Waals surface area contributed by atoms with Gasteiger partial charge >= 0.3 is 6.18 Å². The van der Waals surface area contributed by atoms with Crippen LogP contribution in [0.4, 0.5) is 13.2 Å². The van der Waals surface area contributed by atoms with Crippen molar-refractivity contribution in [1.29, 1.82) is 0 Å². The summed E-state index contributed by atoms with van der Waals surface area (Å²) in [7, 11) is 1.57. The van der Waals surface area contributed by atoms with Crippen LogP contribution in [0.15, 0.2) is 18.5 Å². The highest BCUT2D eigenvalue weighted by molar-refractivity contribution is 6.32. The minimum Gasteiger partial charge on any atom is -0.265 e. The molecular weight excluding hydrogens is 154 g/mol. The first-order chi connectivity index (χ1) is 5.00. The zero-order valence-corrected chi connectivity index (χ0v) is 5.81. The van der Waals surface area contributed by atoms with Gasteiger partial charge in [-0.2, -0.15) is 13.2 Å². The van der Waals surface area contributed by atoms with Crippen LogP contribution in [-0.4, -0.2) is 12.8 Å². The number of rotatable bonds is 0. The zero-order chi connectivity index (χ0) is 8.48. The minimum absolute atomic E-state index is 0.514. The van der Waals surface area contributed by atoms with E-state index in [-0.39, 0.29) is 0 Å². The largest absolute Gasteiger partial charge is 0.417 e. The normalized spacial score (nSPS) is 11.5. The van der Waals surface area contributed by atoms with Crippen LogP contribution < -0.4 is 5.46 Å². The van der Waals surface area contributed by atoms with Gasteiger partial charge in [0.2, 0.25) is 0 Å². The summed E-state index contributed by atoms with van der Waals surface area (Å²) in [6.07, 6.45) is -2.08. The molecule has 0 N–H and O–H groups in total. The third kappa shape index (κ3) is 1.96. The Labute approximate surface area is 62.7 Å². The molecule has 0 aliphatic heterocycles. The molecule has 5 heteroatoms. The summed E-state index contributed by atoms with van der Waals surface area (Å²) in [5.41, 5.74) is -0.183. The zero-order valence-electron chi connectivity index (χ0n) is 5.81. The first-order valence-electron chi connectivity index (χ1n) is 2.99. The fourth-order valence-electron chi connectivity index (χ4n) is 0.710. The van der Waals surface area contributed by atoms with Crippen LogP contribution >= 0.6 is 0 Å². The van der Waals surface area contributed by atoms with E-state index in [1.807, 2.05) is 0 Å². The van der Waals surface area contributed by atoms with Gasteiger partial charge in [0.05, 0.1) is 5.56 Å². The quantitative estimate of drug-likeness (QED) is 0.498. The van der Waals surface area contributed by atoms with Crippen LogP contribution in [0.2, 0.25) is 0 Å². The summed E-state index contributed by atoms with van der Waals surface area (Å²) in [6.45, 7) is 0. The second-order valence-electron chi connectivity index (χ2n) is 2.25. The Balaban J connectivity index is 3.06. The Bertz CT molecular complexity index is 258. The first-order valence-corrected chi connectivity index (χ1v) is 2.99. The van der Waals surface area contributed by atoms with E-state index in [0.717, 1.165) is 12.3 Å². The van der Waals surface area contributed by atoms with Gasteiger partial charge in [-0.1, -0.05) is 11.5 Å². The molecule has 58 valence electrons. The van der Waals surface area contributed by atoms with E-state index in [2.05, 4.69) is 4.98 Å². The molecule has 0 bridgehead atoms. The Kier molecular flexibility index (Phi) is 1.89. The smallest absolute Gasteiger partial charge is 0.265 e. The summed E-state index contributed by atoms with van der Waals surface area (Å²) >= 11 is 0. The highest BCUT2D eigenvalue weighted by Crippen LogP contribution is 2.27. The van der Waals surface area contributed by atoms with Gasteiger partial charge in [-0.05, 0) is 0 Å². The van der Waals surface area contributed by atoms with Crippen molar-refractivity contribution in [3.05, 3.63) is 24.0 Å². The molecule has 0 radical (unpaired) electrons. The Morgan fingerprint density at radius 2 is 1.91 bits per heavy atom. The van der Waals surface area contributed by atoms with Gasteiger partial charge in [0.15, 0.2) is 0 Å². The van der Waals surface area contributed by atoms with Crippen molar-refractivity contribution >= 4 is 13.3 Å². The second kappa shape index (κ2) is 2.56. The molecule has 0 aromatic carbocycles. The molecule has 1 aromatic rings. The van der Waals surface area contributed by atoms with Gasteiger partial charge in [-0.3, -0.25) is 4.98 Å². The number of aromatic nitrogens is 1. The van der Waals surface area contributed by atoms with Crippen molar-refractivity contribution < 1.29 is 13.2 Å². The standard InChI is InChI=1S/C6H5BF3N/c7-5-1-4(2-11-3-5)6(8,9)10/h1-3H,7H2. The minimum atomic E-state index is -4.28. The summed E-state index contributed by atoms with van der Waals surface area (Å²) in [6, 6.07) is 1.06. The monoisotopic (exact) mass is 159 g/mol. The molecule has 1 heterocycles. The number of hydrogen-bond acceptors (Lipinski definition) is 1. The van der Waals surface area contributed by atoms with E-state index in [4.69, 9.17) is 0 Å². The molecule has 0 spiro atoms. The van der Waals surface area contributed by atoms with E-state index in [1.54, 1.807) is 7.85 Å². The van der Waals surface area contributed by atoms with E-state index in [9.17, 15) is 13.2 Å². The topological polar surface area (TPSA) is 12.9 Å². The fourth-order valence-corrected chi connectivity index (χ4v) is 0.710. The lowest BCUT2D eigenvalue weighted by molar-refractivity contribution is -0.137. The van der Waals surface area contributed by atoms with Gasteiger partial charge < -0.3 is 0 Å². The molecule has 0 fully saturated rings. The number of alkyl halides is 3. The van der Waals surface area contributed by atoms with Gasteiger partial charge in [0, 0.05) is 12.4 Å². The van der Waals surface area contributed by atoms with Gasteiger partial charge in [-0.15, -0.1) is 0 Å². The number of nitrogens with zero attached hydrogens (tertiary/aromatic N) is 1. The van der Waals surface area contributed by atoms with Crippen molar-refractivity contribution in [3.63, 3.8) is 0 Å². The molecule has 0 aliphatic rings. The average Bonchev–Trinajstić information content (AvgIpc) is 1.86. The number of hydrogen-bond donors (Lipinski definition) is 0. The van der Waals surface area contributed by atoms with E-state index >= 15 is 0 Å².